The Morgan fingerprint density at radius 3 is 2.75 bits per heavy atom. The number of rotatable bonds is 2. The Bertz CT molecular complexity index is 678. The van der Waals surface area contributed by atoms with Gasteiger partial charge in [-0.05, 0) is 30.0 Å². The van der Waals surface area contributed by atoms with Gasteiger partial charge in [0.25, 0.3) is 5.91 Å². The van der Waals surface area contributed by atoms with Gasteiger partial charge in [-0.3, -0.25) is 9.78 Å². The molecule has 0 spiro atoms. The molecule has 1 aromatic rings. The normalized spacial score (nSPS) is 20.4. The second kappa shape index (κ2) is 4.50. The van der Waals surface area contributed by atoms with Gasteiger partial charge in [-0.2, -0.15) is 5.26 Å². The number of amides is 1. The van der Waals surface area contributed by atoms with Crippen LogP contribution < -0.4 is 5.32 Å². The van der Waals surface area contributed by atoms with Crippen LogP contribution in [0.3, 0.4) is 0 Å². The van der Waals surface area contributed by atoms with E-state index in [1.165, 1.54) is 0 Å². The highest BCUT2D eigenvalue weighted by atomic mass is 32.1. The zero-order chi connectivity index (χ0) is 14.3. The molecule has 1 fully saturated rings. The predicted octanol–water partition coefficient (Wildman–Crippen LogP) is 2.26. The fourth-order valence-corrected chi connectivity index (χ4v) is 2.59. The van der Waals surface area contributed by atoms with Crippen LogP contribution in [-0.2, 0) is 10.2 Å². The van der Waals surface area contributed by atoms with Gasteiger partial charge in [0.15, 0.2) is 0 Å². The molecule has 1 aliphatic heterocycles. The summed E-state index contributed by atoms with van der Waals surface area (Å²) in [6.07, 6.45) is 4.48. The Labute approximate surface area is 122 Å². The monoisotopic (exact) mass is 283 g/mol. The standard InChI is InChI=1S/C15H13N3OS/c1-15(4-5-15)12-3-2-9(8-17-12)10-6-13(20)18-14(19)11(10)7-16/h2-3,8H,4-6H2,1H3,(H,18,19,20). The van der Waals surface area contributed by atoms with E-state index in [0.717, 1.165) is 24.1 Å². The van der Waals surface area contributed by atoms with Gasteiger partial charge in [0, 0.05) is 23.7 Å². The van der Waals surface area contributed by atoms with Gasteiger partial charge in [-0.1, -0.05) is 25.2 Å². The summed E-state index contributed by atoms with van der Waals surface area (Å²) in [6.45, 7) is 2.19. The van der Waals surface area contributed by atoms with Crippen molar-refractivity contribution in [2.24, 2.45) is 0 Å². The van der Waals surface area contributed by atoms with E-state index < -0.39 is 5.91 Å². The number of hydrogen-bond donors (Lipinski definition) is 1. The lowest BCUT2D eigenvalue weighted by Gasteiger charge is -2.18. The molecule has 3 rings (SSSR count). The van der Waals surface area contributed by atoms with Crippen molar-refractivity contribution in [3.8, 4) is 6.07 Å². The van der Waals surface area contributed by atoms with Crippen LogP contribution in [0.15, 0.2) is 23.9 Å². The van der Waals surface area contributed by atoms with Crippen LogP contribution in [0, 0.1) is 11.3 Å². The van der Waals surface area contributed by atoms with Gasteiger partial charge in [0.2, 0.25) is 0 Å². The molecule has 1 amide bonds. The van der Waals surface area contributed by atoms with Crippen LogP contribution in [0.2, 0.25) is 0 Å². The van der Waals surface area contributed by atoms with Crippen LogP contribution in [0.1, 0.15) is 37.4 Å². The smallest absolute Gasteiger partial charge is 0.267 e. The van der Waals surface area contributed by atoms with Crippen LogP contribution in [0.5, 0.6) is 0 Å². The molecule has 2 aliphatic rings. The molecule has 20 heavy (non-hydrogen) atoms. The van der Waals surface area contributed by atoms with Crippen molar-refractivity contribution >= 4 is 28.7 Å². The lowest BCUT2D eigenvalue weighted by molar-refractivity contribution is -0.115. The van der Waals surface area contributed by atoms with E-state index in [1.807, 2.05) is 18.2 Å². The Morgan fingerprint density at radius 1 is 1.45 bits per heavy atom. The molecular formula is C15H13N3OS. The largest absolute Gasteiger partial charge is 0.315 e. The first-order chi connectivity index (χ1) is 9.53. The molecule has 1 N–H and O–H groups in total. The zero-order valence-corrected chi connectivity index (χ0v) is 11.9. The molecule has 100 valence electrons. The lowest BCUT2D eigenvalue weighted by Crippen LogP contribution is -2.34. The highest BCUT2D eigenvalue weighted by Gasteiger charge is 2.40. The second-order valence-electron chi connectivity index (χ2n) is 5.51. The predicted molar refractivity (Wildman–Crippen MR) is 78.7 cm³/mol. The summed E-state index contributed by atoms with van der Waals surface area (Å²) in [5.74, 6) is -0.419. The van der Waals surface area contributed by atoms with Crippen LogP contribution in [-0.4, -0.2) is 15.9 Å². The van der Waals surface area contributed by atoms with Gasteiger partial charge >= 0.3 is 0 Å². The third-order valence-corrected chi connectivity index (χ3v) is 4.21. The maximum atomic E-state index is 11.8. The molecule has 0 aromatic carbocycles. The van der Waals surface area contributed by atoms with Crippen LogP contribution in [0.25, 0.3) is 5.57 Å². The molecular weight excluding hydrogens is 270 g/mol. The summed E-state index contributed by atoms with van der Waals surface area (Å²) in [7, 11) is 0. The van der Waals surface area contributed by atoms with Gasteiger partial charge in [0.05, 0.1) is 4.99 Å². The van der Waals surface area contributed by atoms with Crippen molar-refractivity contribution in [1.82, 2.24) is 10.3 Å². The van der Waals surface area contributed by atoms with E-state index in [-0.39, 0.29) is 11.0 Å². The molecule has 0 unspecified atom stereocenters. The van der Waals surface area contributed by atoms with Crippen molar-refractivity contribution in [2.45, 2.75) is 31.6 Å². The van der Waals surface area contributed by atoms with Crippen molar-refractivity contribution in [2.75, 3.05) is 0 Å². The van der Waals surface area contributed by atoms with Crippen molar-refractivity contribution < 1.29 is 4.79 Å². The van der Waals surface area contributed by atoms with Gasteiger partial charge < -0.3 is 5.32 Å². The summed E-state index contributed by atoms with van der Waals surface area (Å²) in [6, 6.07) is 5.88. The fraction of sp³-hybridized carbons (Fsp3) is 0.333. The topological polar surface area (TPSA) is 65.8 Å². The van der Waals surface area contributed by atoms with E-state index in [4.69, 9.17) is 17.5 Å². The third kappa shape index (κ3) is 2.12. The summed E-state index contributed by atoms with van der Waals surface area (Å²) >= 11 is 5.06. The Morgan fingerprint density at radius 2 is 2.20 bits per heavy atom. The third-order valence-electron chi connectivity index (χ3n) is 3.96. The van der Waals surface area contributed by atoms with E-state index >= 15 is 0 Å². The zero-order valence-electron chi connectivity index (χ0n) is 11.1. The number of thiocarbonyl (C=S) groups is 1. The Balaban J connectivity index is 2.01. The maximum absolute atomic E-state index is 11.8. The fourth-order valence-electron chi connectivity index (χ4n) is 2.36. The summed E-state index contributed by atoms with van der Waals surface area (Å²) < 4.78 is 0. The van der Waals surface area contributed by atoms with Crippen molar-refractivity contribution in [3.05, 3.63) is 35.2 Å². The molecule has 5 heteroatoms. The number of nitriles is 1. The maximum Gasteiger partial charge on any atom is 0.267 e. The number of carbonyl (C=O) groups excluding carboxylic acids is 1. The minimum absolute atomic E-state index is 0.130. The SMILES string of the molecule is CC1(c2ccc(C3=C(C#N)C(=O)NC(=S)C3)cn2)CC1. The van der Waals surface area contributed by atoms with Gasteiger partial charge in [-0.15, -0.1) is 0 Å². The molecule has 0 radical (unpaired) electrons. The van der Waals surface area contributed by atoms with Gasteiger partial charge in [0.1, 0.15) is 11.6 Å². The highest BCUT2D eigenvalue weighted by Crippen LogP contribution is 2.46. The van der Waals surface area contributed by atoms with Crippen molar-refractivity contribution in [3.63, 3.8) is 0 Å². The minimum Gasteiger partial charge on any atom is -0.315 e. The molecule has 0 atom stereocenters. The molecule has 1 aliphatic carbocycles. The molecule has 0 saturated heterocycles. The highest BCUT2D eigenvalue weighted by molar-refractivity contribution is 7.80. The number of pyridine rings is 1. The van der Waals surface area contributed by atoms with E-state index in [9.17, 15) is 4.79 Å². The summed E-state index contributed by atoms with van der Waals surface area (Å²) in [4.78, 5) is 16.7. The summed E-state index contributed by atoms with van der Waals surface area (Å²) in [5.41, 5.74) is 2.88. The number of nitrogens with one attached hydrogen (secondary N) is 1. The molecule has 1 aromatic heterocycles. The van der Waals surface area contributed by atoms with Crippen LogP contribution >= 0.6 is 12.2 Å². The van der Waals surface area contributed by atoms with E-state index in [1.54, 1.807) is 6.20 Å². The Hall–Kier alpha value is -2.06. The van der Waals surface area contributed by atoms with Crippen molar-refractivity contribution in [1.29, 1.82) is 5.26 Å². The Kier molecular flexibility index (Phi) is 2.91. The number of nitrogens with zero attached hydrogens (tertiary/aromatic N) is 2. The molecule has 1 saturated carbocycles. The quantitative estimate of drug-likeness (QED) is 0.845. The molecule has 4 nitrogen and oxygen atoms in total. The molecule has 2 heterocycles. The van der Waals surface area contributed by atoms with E-state index in [2.05, 4.69) is 17.2 Å². The minimum atomic E-state index is -0.419. The lowest BCUT2D eigenvalue weighted by atomic mass is 9.94. The second-order valence-corrected chi connectivity index (χ2v) is 6.01. The van der Waals surface area contributed by atoms with E-state index in [0.29, 0.717) is 17.0 Å². The summed E-state index contributed by atoms with van der Waals surface area (Å²) in [5, 5.41) is 11.7. The molecule has 0 bridgehead atoms. The first kappa shape index (κ1) is 12.9. The van der Waals surface area contributed by atoms with Crippen LogP contribution in [0.4, 0.5) is 0 Å². The van der Waals surface area contributed by atoms with Gasteiger partial charge in [-0.25, -0.2) is 0 Å². The first-order valence-electron chi connectivity index (χ1n) is 6.48. The number of aromatic nitrogens is 1. The average molecular weight is 283 g/mol. The average Bonchev–Trinajstić information content (AvgIpc) is 3.17. The number of carbonyl (C=O) groups is 1. The number of hydrogen-bond acceptors (Lipinski definition) is 4. The first-order valence-corrected chi connectivity index (χ1v) is 6.89.